The Kier molecular flexibility index (Phi) is 7.14. The third-order valence-electron chi connectivity index (χ3n) is 5.83. The number of fused-ring (bicyclic) bond motifs is 1. The van der Waals surface area contributed by atoms with Crippen molar-refractivity contribution in [3.8, 4) is 11.5 Å². The van der Waals surface area contributed by atoms with Gasteiger partial charge in [-0.2, -0.15) is 4.31 Å². The fraction of sp³-hybridized carbons (Fsp3) is 0.435. The van der Waals surface area contributed by atoms with Crippen molar-refractivity contribution in [2.24, 2.45) is 0 Å². The number of benzene rings is 2. The van der Waals surface area contributed by atoms with Crippen LogP contribution in [-0.4, -0.2) is 62.9 Å². The van der Waals surface area contributed by atoms with Gasteiger partial charge in [0.15, 0.2) is 11.6 Å². The topological polar surface area (TPSA) is 76.2 Å². The van der Waals surface area contributed by atoms with E-state index in [0.29, 0.717) is 45.4 Å². The molecule has 178 valence electrons. The van der Waals surface area contributed by atoms with Gasteiger partial charge >= 0.3 is 0 Å². The van der Waals surface area contributed by atoms with E-state index in [2.05, 4.69) is 0 Å². The molecule has 0 aromatic heterocycles. The number of carbonyl (C=O) groups is 1. The molecule has 7 nitrogen and oxygen atoms in total. The highest BCUT2D eigenvalue weighted by Crippen LogP contribution is 2.29. The van der Waals surface area contributed by atoms with Gasteiger partial charge in [-0.05, 0) is 48.7 Å². The number of carbonyl (C=O) groups excluding carboxylic acids is 1. The summed E-state index contributed by atoms with van der Waals surface area (Å²) in [5.74, 6) is -0.945. The maximum absolute atomic E-state index is 13.2. The summed E-state index contributed by atoms with van der Waals surface area (Å²) < 4.78 is 64.3. The van der Waals surface area contributed by atoms with Crippen LogP contribution in [-0.2, 0) is 21.2 Å². The van der Waals surface area contributed by atoms with Crippen molar-refractivity contribution in [3.63, 3.8) is 0 Å². The van der Waals surface area contributed by atoms with Crippen molar-refractivity contribution < 1.29 is 31.5 Å². The maximum Gasteiger partial charge on any atom is 0.243 e. The number of amides is 1. The first-order chi connectivity index (χ1) is 15.8. The number of halogens is 2. The molecule has 0 radical (unpaired) electrons. The second-order valence-electron chi connectivity index (χ2n) is 8.03. The zero-order chi connectivity index (χ0) is 23.4. The molecular weight excluding hydrogens is 454 g/mol. The molecule has 4 rings (SSSR count). The van der Waals surface area contributed by atoms with Crippen molar-refractivity contribution in [3.05, 3.63) is 53.6 Å². The first-order valence-corrected chi connectivity index (χ1v) is 12.4. The molecule has 2 aromatic carbocycles. The number of rotatable bonds is 8. The molecule has 0 bridgehead atoms. The van der Waals surface area contributed by atoms with Gasteiger partial charge in [0.1, 0.15) is 11.5 Å². The number of unbranched alkanes of at least 4 members (excludes halogenated alkanes) is 1. The van der Waals surface area contributed by atoms with Crippen LogP contribution in [0.1, 0.15) is 24.8 Å². The lowest BCUT2D eigenvalue weighted by molar-refractivity contribution is -0.132. The van der Waals surface area contributed by atoms with Crippen LogP contribution in [0.25, 0.3) is 0 Å². The summed E-state index contributed by atoms with van der Waals surface area (Å²) in [6.07, 6.45) is 2.19. The van der Waals surface area contributed by atoms with Crippen LogP contribution >= 0.6 is 0 Å². The Labute approximate surface area is 191 Å². The molecule has 1 amide bonds. The van der Waals surface area contributed by atoms with Crippen LogP contribution in [0.2, 0.25) is 0 Å². The predicted octanol–water partition coefficient (Wildman–Crippen LogP) is 2.98. The fourth-order valence-electron chi connectivity index (χ4n) is 3.94. The summed E-state index contributed by atoms with van der Waals surface area (Å²) in [7, 11) is -3.62. The number of piperazine rings is 1. The quantitative estimate of drug-likeness (QED) is 0.543. The van der Waals surface area contributed by atoms with Gasteiger partial charge in [-0.25, -0.2) is 17.2 Å². The molecule has 2 aliphatic rings. The molecule has 0 N–H and O–H groups in total. The summed E-state index contributed by atoms with van der Waals surface area (Å²) in [5, 5.41) is 0. The minimum atomic E-state index is -3.62. The van der Waals surface area contributed by atoms with E-state index >= 15 is 0 Å². The van der Waals surface area contributed by atoms with Crippen LogP contribution in [0.3, 0.4) is 0 Å². The molecule has 0 unspecified atom stereocenters. The van der Waals surface area contributed by atoms with Gasteiger partial charge in [0.2, 0.25) is 15.9 Å². The minimum Gasteiger partial charge on any atom is -0.493 e. The zero-order valence-electron chi connectivity index (χ0n) is 18.1. The highest BCUT2D eigenvalue weighted by molar-refractivity contribution is 7.89. The van der Waals surface area contributed by atoms with Crippen molar-refractivity contribution in [2.45, 2.75) is 30.6 Å². The molecule has 2 aromatic rings. The second-order valence-corrected chi connectivity index (χ2v) is 9.97. The molecular formula is C23H26F2N2O5S. The van der Waals surface area contributed by atoms with Gasteiger partial charge < -0.3 is 14.4 Å². The number of hydrogen-bond donors (Lipinski definition) is 0. The average molecular weight is 481 g/mol. The molecule has 0 spiro atoms. The molecule has 33 heavy (non-hydrogen) atoms. The molecule has 0 saturated carbocycles. The summed E-state index contributed by atoms with van der Waals surface area (Å²) in [6.45, 7) is 2.05. The van der Waals surface area contributed by atoms with Crippen LogP contribution < -0.4 is 9.47 Å². The van der Waals surface area contributed by atoms with Gasteiger partial charge in [-0.15, -0.1) is 0 Å². The number of sulfonamides is 1. The van der Waals surface area contributed by atoms with E-state index in [1.807, 2.05) is 0 Å². The van der Waals surface area contributed by atoms with Crippen LogP contribution in [0.5, 0.6) is 11.5 Å². The van der Waals surface area contributed by atoms with Crippen molar-refractivity contribution in [2.75, 3.05) is 39.4 Å². The van der Waals surface area contributed by atoms with E-state index < -0.39 is 21.7 Å². The third kappa shape index (κ3) is 5.44. The highest BCUT2D eigenvalue weighted by Gasteiger charge is 2.30. The van der Waals surface area contributed by atoms with Gasteiger partial charge in [-0.3, -0.25) is 4.79 Å². The first-order valence-electron chi connectivity index (χ1n) is 11.0. The van der Waals surface area contributed by atoms with Crippen LogP contribution in [0.4, 0.5) is 8.78 Å². The Morgan fingerprint density at radius 3 is 2.55 bits per heavy atom. The molecule has 0 atom stereocenters. The van der Waals surface area contributed by atoms with Crippen LogP contribution in [0.15, 0.2) is 41.3 Å². The maximum atomic E-state index is 13.2. The van der Waals surface area contributed by atoms with E-state index in [1.54, 1.807) is 23.1 Å². The second kappa shape index (κ2) is 10.0. The molecule has 2 aliphatic heterocycles. The van der Waals surface area contributed by atoms with Crippen molar-refractivity contribution in [1.82, 2.24) is 9.21 Å². The van der Waals surface area contributed by atoms with E-state index in [0.717, 1.165) is 23.4 Å². The number of hydrogen-bond acceptors (Lipinski definition) is 5. The lowest BCUT2D eigenvalue weighted by Gasteiger charge is -2.34. The first kappa shape index (κ1) is 23.4. The lowest BCUT2D eigenvalue weighted by Crippen LogP contribution is -2.50. The molecule has 1 saturated heterocycles. The Morgan fingerprint density at radius 2 is 1.79 bits per heavy atom. The summed E-state index contributed by atoms with van der Waals surface area (Å²) >= 11 is 0. The highest BCUT2D eigenvalue weighted by atomic mass is 32.2. The van der Waals surface area contributed by atoms with E-state index in [4.69, 9.17) is 9.47 Å². The third-order valence-corrected chi connectivity index (χ3v) is 7.73. The molecule has 2 heterocycles. The fourth-order valence-corrected chi connectivity index (χ4v) is 5.42. The Hall–Kier alpha value is -2.72. The number of nitrogens with zero attached hydrogens (tertiary/aromatic N) is 2. The normalized spacial score (nSPS) is 16.4. The molecule has 0 aliphatic carbocycles. The molecule has 1 fully saturated rings. The Morgan fingerprint density at radius 1 is 1.00 bits per heavy atom. The summed E-state index contributed by atoms with van der Waals surface area (Å²) in [4.78, 5) is 14.4. The van der Waals surface area contributed by atoms with Gasteiger partial charge in [-0.1, -0.05) is 0 Å². The Bertz CT molecular complexity index is 1120. The average Bonchev–Trinajstić information content (AvgIpc) is 3.29. The van der Waals surface area contributed by atoms with Gasteiger partial charge in [0.25, 0.3) is 0 Å². The summed E-state index contributed by atoms with van der Waals surface area (Å²) in [6, 6.07) is 8.30. The van der Waals surface area contributed by atoms with Crippen molar-refractivity contribution in [1.29, 1.82) is 0 Å². The largest absolute Gasteiger partial charge is 0.493 e. The monoisotopic (exact) mass is 480 g/mol. The smallest absolute Gasteiger partial charge is 0.243 e. The SMILES string of the molecule is O=C(CCCCOc1ccc(F)c(F)c1)N1CCN(S(=O)(=O)c2ccc3c(c2)CCO3)CC1. The van der Waals surface area contributed by atoms with Gasteiger partial charge in [0.05, 0.1) is 18.1 Å². The van der Waals surface area contributed by atoms with Crippen molar-refractivity contribution >= 4 is 15.9 Å². The lowest BCUT2D eigenvalue weighted by atomic mass is 10.2. The molecule has 10 heteroatoms. The minimum absolute atomic E-state index is 0.0328. The number of ether oxygens (including phenoxy) is 2. The van der Waals surface area contributed by atoms with E-state index in [9.17, 15) is 22.0 Å². The van der Waals surface area contributed by atoms with Gasteiger partial charge in [0, 0.05) is 45.1 Å². The standard InChI is InChI=1S/C23H26F2N2O5S/c24-20-6-4-18(16-21(20)25)31-13-2-1-3-23(28)26-9-11-27(12-10-26)33(29,30)19-5-7-22-17(15-19)8-14-32-22/h4-7,15-16H,1-3,8-14H2. The van der Waals surface area contributed by atoms with E-state index in [-0.39, 0.29) is 36.2 Å². The Balaban J connectivity index is 1.20. The zero-order valence-corrected chi connectivity index (χ0v) is 19.0. The predicted molar refractivity (Wildman–Crippen MR) is 117 cm³/mol. The van der Waals surface area contributed by atoms with Crippen LogP contribution in [0, 0.1) is 11.6 Å². The summed E-state index contributed by atoms with van der Waals surface area (Å²) in [5.41, 5.74) is 0.901. The van der Waals surface area contributed by atoms with E-state index in [1.165, 1.54) is 10.4 Å².